The largest absolute Gasteiger partial charge is 0.476 e. The van der Waals surface area contributed by atoms with Gasteiger partial charge >= 0.3 is 5.97 Å². The third kappa shape index (κ3) is 3.54. The van der Waals surface area contributed by atoms with E-state index in [9.17, 15) is 14.3 Å². The van der Waals surface area contributed by atoms with Crippen LogP contribution >= 0.6 is 23.2 Å². The maximum absolute atomic E-state index is 15.3. The van der Waals surface area contributed by atoms with E-state index < -0.39 is 17.6 Å². The fourth-order valence-electron chi connectivity index (χ4n) is 3.97. The smallest absolute Gasteiger partial charge is 0.356 e. The third-order valence-electron chi connectivity index (χ3n) is 5.59. The Morgan fingerprint density at radius 1 is 0.971 bits per heavy atom. The zero-order valence-corrected chi connectivity index (χ0v) is 19.1. The molecule has 0 saturated heterocycles. The van der Waals surface area contributed by atoms with E-state index in [2.05, 4.69) is 4.98 Å². The van der Waals surface area contributed by atoms with E-state index in [0.717, 1.165) is 17.0 Å². The second-order valence-corrected chi connectivity index (χ2v) is 8.49. The molecular weight excluding hydrogens is 483 g/mol. The van der Waals surface area contributed by atoms with Crippen molar-refractivity contribution < 1.29 is 18.7 Å². The average molecular weight is 498 g/mol. The molecule has 0 bridgehead atoms. The Morgan fingerprint density at radius 2 is 1.74 bits per heavy atom. The maximum Gasteiger partial charge on any atom is 0.356 e. The van der Waals surface area contributed by atoms with Crippen LogP contribution in [0.25, 0.3) is 39.2 Å². The predicted molar refractivity (Wildman–Crippen MR) is 128 cm³/mol. The van der Waals surface area contributed by atoms with E-state index in [4.69, 9.17) is 23.2 Å². The molecule has 0 saturated carbocycles. The molecule has 0 radical (unpaired) electrons. The second-order valence-electron chi connectivity index (χ2n) is 7.68. The van der Waals surface area contributed by atoms with E-state index in [1.165, 1.54) is 28.8 Å². The molecule has 5 nitrogen and oxygen atoms in total. The SMILES string of the molecule is Cn1ccc2ccc(-c3nc(C(=O)O)c(-c4ccc(F)c(Cl)c4)n3-c3cccc(Cl)c3F)cc21. The van der Waals surface area contributed by atoms with Crippen molar-refractivity contribution in [1.82, 2.24) is 14.1 Å². The molecule has 0 aliphatic rings. The molecule has 1 N–H and O–H groups in total. The van der Waals surface area contributed by atoms with Gasteiger partial charge in [-0.3, -0.25) is 4.57 Å². The highest BCUT2D eigenvalue weighted by molar-refractivity contribution is 6.31. The molecule has 0 atom stereocenters. The van der Waals surface area contributed by atoms with Crippen molar-refractivity contribution in [2.75, 3.05) is 0 Å². The monoisotopic (exact) mass is 497 g/mol. The molecule has 5 rings (SSSR count). The molecule has 0 unspecified atom stereocenters. The standard InChI is InChI=1S/C25H15Cl2F2N3O2/c1-31-10-9-13-5-6-15(12-20(13)31)24-30-22(25(33)34)23(14-7-8-18(28)17(27)11-14)32(24)19-4-2-3-16(26)21(19)29/h2-12H,1H3,(H,33,34). The summed E-state index contributed by atoms with van der Waals surface area (Å²) in [5.41, 5.74) is 1.37. The second kappa shape index (κ2) is 8.27. The van der Waals surface area contributed by atoms with Gasteiger partial charge in [0.15, 0.2) is 11.5 Å². The lowest BCUT2D eigenvalue weighted by molar-refractivity contribution is 0.0692. The van der Waals surface area contributed by atoms with Gasteiger partial charge in [0.05, 0.1) is 21.4 Å². The summed E-state index contributed by atoms with van der Waals surface area (Å²) in [6, 6.07) is 15.6. The molecular formula is C25H15Cl2F2N3O2. The minimum absolute atomic E-state index is 0.00933. The fourth-order valence-corrected chi connectivity index (χ4v) is 4.32. The molecule has 2 aromatic heterocycles. The number of hydrogen-bond donors (Lipinski definition) is 1. The van der Waals surface area contributed by atoms with Crippen molar-refractivity contribution in [3.63, 3.8) is 0 Å². The van der Waals surface area contributed by atoms with E-state index in [1.54, 1.807) is 12.1 Å². The van der Waals surface area contributed by atoms with Crippen LogP contribution in [0.1, 0.15) is 10.5 Å². The summed E-state index contributed by atoms with van der Waals surface area (Å²) >= 11 is 12.1. The number of fused-ring (bicyclic) bond motifs is 1. The van der Waals surface area contributed by atoms with Gasteiger partial charge in [-0.1, -0.05) is 41.4 Å². The number of carboxylic acids is 1. The van der Waals surface area contributed by atoms with Crippen molar-refractivity contribution >= 4 is 40.1 Å². The Hall–Kier alpha value is -3.68. The number of benzene rings is 3. The lowest BCUT2D eigenvalue weighted by atomic mass is 10.1. The molecule has 0 amide bonds. The Bertz CT molecular complexity index is 1610. The van der Waals surface area contributed by atoms with Crippen LogP contribution in [0.2, 0.25) is 10.0 Å². The number of carbonyl (C=O) groups is 1. The van der Waals surface area contributed by atoms with Gasteiger partial charge in [-0.25, -0.2) is 18.6 Å². The molecule has 0 aliphatic heterocycles. The summed E-state index contributed by atoms with van der Waals surface area (Å²) in [4.78, 5) is 16.6. The minimum atomic E-state index is -1.34. The molecule has 0 fully saturated rings. The van der Waals surface area contributed by atoms with Gasteiger partial charge in [-0.15, -0.1) is 0 Å². The van der Waals surface area contributed by atoms with Crippen LogP contribution < -0.4 is 0 Å². The lowest BCUT2D eigenvalue weighted by Gasteiger charge is -2.15. The quantitative estimate of drug-likeness (QED) is 0.291. The lowest BCUT2D eigenvalue weighted by Crippen LogP contribution is -2.05. The van der Waals surface area contributed by atoms with Gasteiger partial charge in [-0.2, -0.15) is 0 Å². The summed E-state index contributed by atoms with van der Waals surface area (Å²) < 4.78 is 32.5. The highest BCUT2D eigenvalue weighted by atomic mass is 35.5. The van der Waals surface area contributed by atoms with Crippen LogP contribution in [0.15, 0.2) is 66.9 Å². The van der Waals surface area contributed by atoms with Crippen molar-refractivity contribution in [3.05, 3.63) is 94.2 Å². The van der Waals surface area contributed by atoms with Gasteiger partial charge < -0.3 is 9.67 Å². The highest BCUT2D eigenvalue weighted by Gasteiger charge is 2.27. The normalized spacial score (nSPS) is 11.3. The van der Waals surface area contributed by atoms with Crippen LogP contribution in [-0.4, -0.2) is 25.2 Å². The van der Waals surface area contributed by atoms with E-state index in [1.807, 2.05) is 36.0 Å². The number of halogens is 4. The Balaban J connectivity index is 1.91. The summed E-state index contributed by atoms with van der Waals surface area (Å²) in [5, 5.41) is 10.6. The Morgan fingerprint density at radius 3 is 2.47 bits per heavy atom. The first kappa shape index (κ1) is 22.1. The van der Waals surface area contributed by atoms with Gasteiger partial charge in [-0.05, 0) is 47.9 Å². The Labute approximate surface area is 202 Å². The first-order valence-corrected chi connectivity index (χ1v) is 10.8. The fraction of sp³-hybridized carbons (Fsp3) is 0.0400. The van der Waals surface area contributed by atoms with Crippen molar-refractivity contribution in [3.8, 4) is 28.3 Å². The first-order valence-electron chi connectivity index (χ1n) is 10.1. The van der Waals surface area contributed by atoms with Crippen LogP contribution in [0.5, 0.6) is 0 Å². The molecule has 170 valence electrons. The van der Waals surface area contributed by atoms with E-state index >= 15 is 4.39 Å². The van der Waals surface area contributed by atoms with Gasteiger partial charge in [0, 0.05) is 29.9 Å². The average Bonchev–Trinajstić information content (AvgIpc) is 3.38. The maximum atomic E-state index is 15.3. The molecule has 0 aliphatic carbocycles. The van der Waals surface area contributed by atoms with Crippen LogP contribution in [-0.2, 0) is 7.05 Å². The number of aromatic carboxylic acids is 1. The summed E-state index contributed by atoms with van der Waals surface area (Å²) in [6.45, 7) is 0. The Kier molecular flexibility index (Phi) is 5.38. The molecule has 34 heavy (non-hydrogen) atoms. The highest BCUT2D eigenvalue weighted by Crippen LogP contribution is 2.37. The number of hydrogen-bond acceptors (Lipinski definition) is 2. The van der Waals surface area contributed by atoms with Gasteiger partial charge in [0.1, 0.15) is 11.6 Å². The topological polar surface area (TPSA) is 60.1 Å². The molecule has 0 spiro atoms. The first-order chi connectivity index (χ1) is 16.3. The molecule has 2 heterocycles. The zero-order chi connectivity index (χ0) is 24.1. The van der Waals surface area contributed by atoms with Gasteiger partial charge in [0.2, 0.25) is 0 Å². The van der Waals surface area contributed by atoms with Crippen molar-refractivity contribution in [2.45, 2.75) is 0 Å². The summed E-state index contributed by atoms with van der Waals surface area (Å²) in [7, 11) is 1.88. The van der Waals surface area contributed by atoms with Crippen LogP contribution in [0, 0.1) is 11.6 Å². The molecule has 5 aromatic rings. The number of imidazole rings is 1. The van der Waals surface area contributed by atoms with Crippen LogP contribution in [0.4, 0.5) is 8.78 Å². The molecule has 9 heteroatoms. The number of carboxylic acid groups (broad SMARTS) is 1. The number of aromatic nitrogens is 3. The third-order valence-corrected chi connectivity index (χ3v) is 6.17. The number of nitrogens with zero attached hydrogens (tertiary/aromatic N) is 3. The van der Waals surface area contributed by atoms with Crippen LogP contribution in [0.3, 0.4) is 0 Å². The minimum Gasteiger partial charge on any atom is -0.476 e. The summed E-state index contributed by atoms with van der Waals surface area (Å²) in [5.74, 6) is -2.58. The van der Waals surface area contributed by atoms with E-state index in [0.29, 0.717) is 5.56 Å². The molecule has 3 aromatic carbocycles. The summed E-state index contributed by atoms with van der Waals surface area (Å²) in [6.07, 6.45) is 1.90. The number of rotatable bonds is 4. The van der Waals surface area contributed by atoms with Crippen molar-refractivity contribution in [1.29, 1.82) is 0 Å². The van der Waals surface area contributed by atoms with Gasteiger partial charge in [0.25, 0.3) is 0 Å². The number of aryl methyl sites for hydroxylation is 1. The van der Waals surface area contributed by atoms with E-state index in [-0.39, 0.29) is 38.5 Å². The van der Waals surface area contributed by atoms with Crippen molar-refractivity contribution in [2.24, 2.45) is 7.05 Å². The predicted octanol–water partition coefficient (Wildman–Crippen LogP) is 6.98. The zero-order valence-electron chi connectivity index (χ0n) is 17.6.